The molecule has 0 spiro atoms. The molecule has 5 rings (SSSR count). The van der Waals surface area contributed by atoms with Crippen LogP contribution in [-0.4, -0.2) is 46.5 Å². The lowest BCUT2D eigenvalue weighted by Crippen LogP contribution is -2.48. The molecule has 4 aromatic rings. The maximum absolute atomic E-state index is 13.0. The summed E-state index contributed by atoms with van der Waals surface area (Å²) in [5.41, 5.74) is 0.495. The lowest BCUT2D eigenvalue weighted by molar-refractivity contribution is -0.137. The van der Waals surface area contributed by atoms with E-state index in [1.165, 1.54) is 6.07 Å². The molecule has 1 aliphatic heterocycles. The van der Waals surface area contributed by atoms with Crippen LogP contribution in [-0.2, 0) is 12.7 Å². The number of hydrogen-bond acceptors (Lipinski definition) is 4. The standard InChI is InChI=1S/C27H23F3N4O3/c28-27(29,30)20-4-3-5-21(16-20)32-12-14-33(15-13-32)24(35)19-10-8-18(9-11-19)17-34-25(36)22-6-1-2-7-23(22)31-26(34)37/h1-11,16H,12-15,17H2,(H,31,37). The van der Waals surface area contributed by atoms with Gasteiger partial charge in [-0.3, -0.25) is 14.2 Å². The number of hydrogen-bond donors (Lipinski definition) is 1. The number of H-pyrrole nitrogens is 1. The van der Waals surface area contributed by atoms with E-state index in [0.717, 1.165) is 16.7 Å². The molecule has 0 unspecified atom stereocenters. The van der Waals surface area contributed by atoms with Gasteiger partial charge in [-0.2, -0.15) is 13.2 Å². The van der Waals surface area contributed by atoms with E-state index in [1.807, 2.05) is 4.90 Å². The first-order chi connectivity index (χ1) is 17.7. The third-order valence-electron chi connectivity index (χ3n) is 6.54. The highest BCUT2D eigenvalue weighted by atomic mass is 19.4. The second-order valence-corrected chi connectivity index (χ2v) is 8.89. The number of piperazine rings is 1. The minimum Gasteiger partial charge on any atom is -0.368 e. The van der Waals surface area contributed by atoms with Crippen molar-refractivity contribution >= 4 is 22.5 Å². The van der Waals surface area contributed by atoms with Crippen molar-refractivity contribution in [2.24, 2.45) is 0 Å². The van der Waals surface area contributed by atoms with Crippen molar-refractivity contribution < 1.29 is 18.0 Å². The van der Waals surface area contributed by atoms with E-state index in [1.54, 1.807) is 59.5 Å². The van der Waals surface area contributed by atoms with Crippen molar-refractivity contribution in [1.82, 2.24) is 14.5 Å². The average molecular weight is 509 g/mol. The van der Waals surface area contributed by atoms with E-state index in [9.17, 15) is 27.6 Å². The lowest BCUT2D eigenvalue weighted by atomic mass is 10.1. The van der Waals surface area contributed by atoms with E-state index in [2.05, 4.69) is 4.98 Å². The highest BCUT2D eigenvalue weighted by molar-refractivity contribution is 5.94. The summed E-state index contributed by atoms with van der Waals surface area (Å²) in [7, 11) is 0. The Morgan fingerprint density at radius 3 is 2.27 bits per heavy atom. The third-order valence-corrected chi connectivity index (χ3v) is 6.54. The van der Waals surface area contributed by atoms with Gasteiger partial charge in [0.2, 0.25) is 0 Å². The number of carbonyl (C=O) groups excluding carboxylic acids is 1. The molecule has 37 heavy (non-hydrogen) atoms. The summed E-state index contributed by atoms with van der Waals surface area (Å²) in [6, 6.07) is 18.7. The summed E-state index contributed by atoms with van der Waals surface area (Å²) in [5, 5.41) is 0.415. The van der Waals surface area contributed by atoms with Crippen molar-refractivity contribution in [3.63, 3.8) is 0 Å². The molecule has 1 N–H and O–H groups in total. The van der Waals surface area contributed by atoms with Crippen LogP contribution in [0.3, 0.4) is 0 Å². The molecule has 190 valence electrons. The predicted octanol–water partition coefficient (Wildman–Crippen LogP) is 3.72. The van der Waals surface area contributed by atoms with Gasteiger partial charge < -0.3 is 14.8 Å². The molecule has 7 nitrogen and oxygen atoms in total. The molecule has 0 saturated carbocycles. The summed E-state index contributed by atoms with van der Waals surface area (Å²) in [6.07, 6.45) is -4.41. The Morgan fingerprint density at radius 2 is 1.57 bits per heavy atom. The fourth-order valence-electron chi connectivity index (χ4n) is 4.51. The second kappa shape index (κ2) is 9.61. The Labute approximate surface area is 209 Å². The molecule has 1 aliphatic rings. The first kappa shape index (κ1) is 24.4. The van der Waals surface area contributed by atoms with Crippen molar-refractivity contribution in [2.45, 2.75) is 12.7 Å². The molecule has 10 heteroatoms. The van der Waals surface area contributed by atoms with Gasteiger partial charge in [-0.15, -0.1) is 0 Å². The number of halogens is 3. The fraction of sp³-hybridized carbons (Fsp3) is 0.222. The zero-order chi connectivity index (χ0) is 26.2. The lowest BCUT2D eigenvalue weighted by Gasteiger charge is -2.36. The molecule has 3 aromatic carbocycles. The van der Waals surface area contributed by atoms with Crippen LogP contribution in [0.25, 0.3) is 10.9 Å². The van der Waals surface area contributed by atoms with Crippen LogP contribution in [0, 0.1) is 0 Å². The van der Waals surface area contributed by atoms with Crippen molar-refractivity contribution in [2.75, 3.05) is 31.1 Å². The van der Waals surface area contributed by atoms with Crippen molar-refractivity contribution in [3.05, 3.63) is 110 Å². The predicted molar refractivity (Wildman–Crippen MR) is 134 cm³/mol. The Bertz CT molecular complexity index is 1570. The molecule has 1 fully saturated rings. The Balaban J connectivity index is 1.25. The van der Waals surface area contributed by atoms with Gasteiger partial charge in [0.05, 0.1) is 23.0 Å². The molecule has 0 aliphatic carbocycles. The van der Waals surface area contributed by atoms with Crippen LogP contribution in [0.5, 0.6) is 0 Å². The number of nitrogens with one attached hydrogen (secondary N) is 1. The van der Waals surface area contributed by atoms with Crippen LogP contribution in [0.15, 0.2) is 82.4 Å². The molecular formula is C27H23F3N4O3. The maximum atomic E-state index is 13.0. The number of para-hydroxylation sites is 1. The van der Waals surface area contributed by atoms with Crippen molar-refractivity contribution in [1.29, 1.82) is 0 Å². The first-order valence-electron chi connectivity index (χ1n) is 11.7. The quantitative estimate of drug-likeness (QED) is 0.456. The number of aromatic amines is 1. The molecule has 1 amide bonds. The van der Waals surface area contributed by atoms with E-state index >= 15 is 0 Å². The summed E-state index contributed by atoms with van der Waals surface area (Å²) < 4.78 is 40.2. The Morgan fingerprint density at radius 1 is 0.865 bits per heavy atom. The maximum Gasteiger partial charge on any atom is 0.416 e. The van der Waals surface area contributed by atoms with E-state index in [-0.39, 0.29) is 12.5 Å². The molecular weight excluding hydrogens is 485 g/mol. The van der Waals surface area contributed by atoms with Gasteiger partial charge >= 0.3 is 11.9 Å². The molecule has 0 bridgehead atoms. The number of alkyl halides is 3. The van der Waals surface area contributed by atoms with Crippen LogP contribution < -0.4 is 16.1 Å². The normalized spacial score (nSPS) is 14.2. The van der Waals surface area contributed by atoms with E-state index in [4.69, 9.17) is 0 Å². The Kier molecular flexibility index (Phi) is 6.32. The van der Waals surface area contributed by atoms with Gasteiger partial charge in [-0.1, -0.05) is 30.3 Å². The average Bonchev–Trinajstić information content (AvgIpc) is 2.91. The molecule has 0 radical (unpaired) electrons. The monoisotopic (exact) mass is 508 g/mol. The summed E-state index contributed by atoms with van der Waals surface area (Å²) in [6.45, 7) is 1.64. The topological polar surface area (TPSA) is 78.4 Å². The SMILES string of the molecule is O=C(c1ccc(Cn2c(=O)[nH]c3ccccc3c2=O)cc1)N1CCN(c2cccc(C(F)(F)F)c2)CC1. The number of carbonyl (C=O) groups is 1. The van der Waals surface area contributed by atoms with Gasteiger partial charge in [0.25, 0.3) is 11.5 Å². The van der Waals surface area contributed by atoms with Crippen LogP contribution in [0.2, 0.25) is 0 Å². The zero-order valence-electron chi connectivity index (χ0n) is 19.7. The molecule has 0 atom stereocenters. The highest BCUT2D eigenvalue weighted by Gasteiger charge is 2.31. The van der Waals surface area contributed by atoms with Crippen molar-refractivity contribution in [3.8, 4) is 0 Å². The van der Waals surface area contributed by atoms with E-state index < -0.39 is 23.0 Å². The number of aromatic nitrogens is 2. The molecule has 2 heterocycles. The fourth-order valence-corrected chi connectivity index (χ4v) is 4.51. The minimum absolute atomic E-state index is 0.0587. The minimum atomic E-state index is -4.41. The van der Waals surface area contributed by atoms with Gasteiger partial charge in [0.15, 0.2) is 0 Å². The van der Waals surface area contributed by atoms with Gasteiger partial charge in [0.1, 0.15) is 0 Å². The summed E-state index contributed by atoms with van der Waals surface area (Å²) in [5.74, 6) is -0.184. The van der Waals surface area contributed by atoms with E-state index in [0.29, 0.717) is 53.9 Å². The smallest absolute Gasteiger partial charge is 0.368 e. The van der Waals surface area contributed by atoms with Crippen LogP contribution in [0.1, 0.15) is 21.5 Å². The third kappa shape index (κ3) is 5.00. The van der Waals surface area contributed by atoms with Gasteiger partial charge in [-0.05, 0) is 48.0 Å². The summed E-state index contributed by atoms with van der Waals surface area (Å²) >= 11 is 0. The number of nitrogens with zero attached hydrogens (tertiary/aromatic N) is 3. The molecule has 1 aromatic heterocycles. The first-order valence-corrected chi connectivity index (χ1v) is 11.7. The number of amides is 1. The molecule has 1 saturated heterocycles. The second-order valence-electron chi connectivity index (χ2n) is 8.89. The zero-order valence-corrected chi connectivity index (χ0v) is 19.7. The van der Waals surface area contributed by atoms with Gasteiger partial charge in [0, 0.05) is 37.4 Å². The Hall–Kier alpha value is -4.34. The van der Waals surface area contributed by atoms with Crippen LogP contribution >= 0.6 is 0 Å². The number of anilines is 1. The number of fused-ring (bicyclic) bond motifs is 1. The van der Waals surface area contributed by atoms with Gasteiger partial charge in [-0.25, -0.2) is 4.79 Å². The summed E-state index contributed by atoms with van der Waals surface area (Å²) in [4.78, 5) is 44.4. The highest BCUT2D eigenvalue weighted by Crippen LogP contribution is 2.32. The van der Waals surface area contributed by atoms with Crippen LogP contribution in [0.4, 0.5) is 18.9 Å². The number of rotatable bonds is 4. The largest absolute Gasteiger partial charge is 0.416 e. The number of benzene rings is 3.